The lowest BCUT2D eigenvalue weighted by atomic mass is 10.2. The number of aryl methyl sites for hydroxylation is 1. The maximum absolute atomic E-state index is 4.49. The first kappa shape index (κ1) is 11.7. The molecule has 0 amide bonds. The Kier molecular flexibility index (Phi) is 3.77. The molecular formula is C11H16N6. The number of H-pyrrole nitrogens is 1. The highest BCUT2D eigenvalue weighted by molar-refractivity contribution is 5.46. The molecule has 2 heterocycles. The third kappa shape index (κ3) is 2.85. The Balaban J connectivity index is 2.18. The lowest BCUT2D eigenvalue weighted by molar-refractivity contribution is 0.660. The molecule has 0 fully saturated rings. The standard InChI is InChI=1S/C11H16N6/c1-3-4-12-6-9-8(2)5-13-11(15-9)10-7-14-17-16-10/h5,7,12H,3-4,6H2,1-2H3,(H,14,16,17). The van der Waals surface area contributed by atoms with E-state index in [1.165, 1.54) is 0 Å². The average molecular weight is 232 g/mol. The molecule has 0 aromatic carbocycles. The van der Waals surface area contributed by atoms with Gasteiger partial charge in [-0.15, -0.1) is 0 Å². The van der Waals surface area contributed by atoms with Crippen LogP contribution in [-0.2, 0) is 6.54 Å². The molecule has 0 aliphatic rings. The number of aromatic amines is 1. The number of nitrogens with one attached hydrogen (secondary N) is 2. The Morgan fingerprint density at radius 3 is 2.94 bits per heavy atom. The van der Waals surface area contributed by atoms with Crippen LogP contribution in [-0.4, -0.2) is 31.9 Å². The molecule has 0 atom stereocenters. The first-order valence-electron chi connectivity index (χ1n) is 5.70. The lowest BCUT2D eigenvalue weighted by Crippen LogP contribution is -2.16. The van der Waals surface area contributed by atoms with Crippen molar-refractivity contribution in [2.45, 2.75) is 26.8 Å². The fraction of sp³-hybridized carbons (Fsp3) is 0.455. The van der Waals surface area contributed by atoms with Crippen LogP contribution in [0, 0.1) is 6.92 Å². The van der Waals surface area contributed by atoms with Crippen LogP contribution in [0.4, 0.5) is 0 Å². The monoisotopic (exact) mass is 232 g/mol. The molecule has 0 saturated heterocycles. The fourth-order valence-electron chi connectivity index (χ4n) is 1.47. The molecule has 2 aromatic heterocycles. The van der Waals surface area contributed by atoms with Crippen LogP contribution in [0.1, 0.15) is 24.6 Å². The van der Waals surface area contributed by atoms with E-state index in [9.17, 15) is 0 Å². The van der Waals surface area contributed by atoms with Gasteiger partial charge in [0.2, 0.25) is 0 Å². The molecule has 6 heteroatoms. The second-order valence-corrected chi connectivity index (χ2v) is 3.86. The van der Waals surface area contributed by atoms with Crippen LogP contribution in [0.5, 0.6) is 0 Å². The molecule has 0 aliphatic carbocycles. The summed E-state index contributed by atoms with van der Waals surface area (Å²) >= 11 is 0. The smallest absolute Gasteiger partial charge is 0.182 e. The summed E-state index contributed by atoms with van der Waals surface area (Å²) < 4.78 is 0. The molecule has 2 aromatic rings. The summed E-state index contributed by atoms with van der Waals surface area (Å²) in [4.78, 5) is 8.74. The predicted octanol–water partition coefficient (Wildman–Crippen LogP) is 1.07. The van der Waals surface area contributed by atoms with Crippen molar-refractivity contribution in [3.8, 4) is 11.5 Å². The van der Waals surface area contributed by atoms with Gasteiger partial charge in [0, 0.05) is 12.7 Å². The van der Waals surface area contributed by atoms with Crippen LogP contribution in [0.25, 0.3) is 11.5 Å². The maximum atomic E-state index is 4.49. The summed E-state index contributed by atoms with van der Waals surface area (Å²) in [6.07, 6.45) is 4.55. The fourth-order valence-corrected chi connectivity index (χ4v) is 1.47. The van der Waals surface area contributed by atoms with Gasteiger partial charge in [0.15, 0.2) is 5.82 Å². The normalized spacial score (nSPS) is 10.7. The minimum atomic E-state index is 0.609. The Morgan fingerprint density at radius 2 is 2.24 bits per heavy atom. The third-order valence-electron chi connectivity index (χ3n) is 2.44. The summed E-state index contributed by atoms with van der Waals surface area (Å²) in [6.45, 7) is 5.89. The molecule has 0 unspecified atom stereocenters. The predicted molar refractivity (Wildman–Crippen MR) is 64.1 cm³/mol. The number of hydrogen-bond acceptors (Lipinski definition) is 5. The number of nitrogens with zero attached hydrogens (tertiary/aromatic N) is 4. The summed E-state index contributed by atoms with van der Waals surface area (Å²) in [6, 6.07) is 0. The zero-order valence-electron chi connectivity index (χ0n) is 10.1. The zero-order chi connectivity index (χ0) is 12.1. The SMILES string of the molecule is CCCNCc1nc(-c2cn[nH]n2)ncc1C. The number of hydrogen-bond donors (Lipinski definition) is 2. The number of aromatic nitrogens is 5. The minimum Gasteiger partial charge on any atom is -0.311 e. The van der Waals surface area contributed by atoms with Gasteiger partial charge >= 0.3 is 0 Å². The average Bonchev–Trinajstić information content (AvgIpc) is 2.85. The highest BCUT2D eigenvalue weighted by atomic mass is 15.3. The van der Waals surface area contributed by atoms with Crippen LogP contribution in [0.2, 0.25) is 0 Å². The summed E-state index contributed by atoms with van der Waals surface area (Å²) in [7, 11) is 0. The van der Waals surface area contributed by atoms with Crippen molar-refractivity contribution < 1.29 is 0 Å². The van der Waals surface area contributed by atoms with Crippen LogP contribution in [0.15, 0.2) is 12.4 Å². The van der Waals surface area contributed by atoms with Crippen molar-refractivity contribution in [1.82, 2.24) is 30.7 Å². The van der Waals surface area contributed by atoms with Crippen molar-refractivity contribution in [2.24, 2.45) is 0 Å². The van der Waals surface area contributed by atoms with Gasteiger partial charge in [-0.1, -0.05) is 6.92 Å². The largest absolute Gasteiger partial charge is 0.311 e. The molecule has 90 valence electrons. The van der Waals surface area contributed by atoms with Gasteiger partial charge in [-0.05, 0) is 25.5 Å². The van der Waals surface area contributed by atoms with Crippen LogP contribution < -0.4 is 5.32 Å². The van der Waals surface area contributed by atoms with Crippen molar-refractivity contribution in [2.75, 3.05) is 6.54 Å². The third-order valence-corrected chi connectivity index (χ3v) is 2.44. The van der Waals surface area contributed by atoms with Gasteiger partial charge < -0.3 is 5.32 Å². The Labute approximate surface area is 99.9 Å². The number of rotatable bonds is 5. The molecule has 2 N–H and O–H groups in total. The molecule has 0 bridgehead atoms. The van der Waals surface area contributed by atoms with E-state index in [4.69, 9.17) is 0 Å². The van der Waals surface area contributed by atoms with Crippen LogP contribution in [0.3, 0.4) is 0 Å². The highest BCUT2D eigenvalue weighted by Crippen LogP contribution is 2.11. The summed E-state index contributed by atoms with van der Waals surface area (Å²) in [5.74, 6) is 0.609. The molecule has 0 aliphatic heterocycles. The Morgan fingerprint density at radius 1 is 1.35 bits per heavy atom. The maximum Gasteiger partial charge on any atom is 0.182 e. The van der Waals surface area contributed by atoms with E-state index in [0.29, 0.717) is 11.5 Å². The van der Waals surface area contributed by atoms with Crippen molar-refractivity contribution in [1.29, 1.82) is 0 Å². The van der Waals surface area contributed by atoms with Gasteiger partial charge in [0.1, 0.15) is 5.69 Å². The highest BCUT2D eigenvalue weighted by Gasteiger charge is 2.07. The van der Waals surface area contributed by atoms with Gasteiger partial charge in [0.05, 0.1) is 11.9 Å². The van der Waals surface area contributed by atoms with E-state index in [1.54, 1.807) is 6.20 Å². The van der Waals surface area contributed by atoms with Gasteiger partial charge in [-0.25, -0.2) is 9.97 Å². The molecule has 2 rings (SSSR count). The Bertz CT molecular complexity index is 465. The Hall–Kier alpha value is -1.82. The second-order valence-electron chi connectivity index (χ2n) is 3.86. The van der Waals surface area contributed by atoms with E-state index in [2.05, 4.69) is 37.6 Å². The van der Waals surface area contributed by atoms with Crippen molar-refractivity contribution in [3.63, 3.8) is 0 Å². The molecule has 0 radical (unpaired) electrons. The van der Waals surface area contributed by atoms with E-state index in [0.717, 1.165) is 30.8 Å². The molecular weight excluding hydrogens is 216 g/mol. The summed E-state index contributed by atoms with van der Waals surface area (Å²) in [5, 5.41) is 13.6. The quantitative estimate of drug-likeness (QED) is 0.754. The van der Waals surface area contributed by atoms with Gasteiger partial charge in [-0.3, -0.25) is 0 Å². The second kappa shape index (κ2) is 5.49. The first-order valence-corrected chi connectivity index (χ1v) is 5.70. The van der Waals surface area contributed by atoms with Crippen LogP contribution >= 0.6 is 0 Å². The summed E-state index contributed by atoms with van der Waals surface area (Å²) in [5.41, 5.74) is 2.76. The zero-order valence-corrected chi connectivity index (χ0v) is 10.1. The molecule has 17 heavy (non-hydrogen) atoms. The van der Waals surface area contributed by atoms with E-state index in [1.807, 2.05) is 13.1 Å². The minimum absolute atomic E-state index is 0.609. The first-order chi connectivity index (χ1) is 8.31. The van der Waals surface area contributed by atoms with Gasteiger partial charge in [0.25, 0.3) is 0 Å². The molecule has 0 saturated carbocycles. The van der Waals surface area contributed by atoms with E-state index >= 15 is 0 Å². The van der Waals surface area contributed by atoms with Crippen molar-refractivity contribution in [3.05, 3.63) is 23.7 Å². The van der Waals surface area contributed by atoms with E-state index in [-0.39, 0.29) is 0 Å². The molecule has 0 spiro atoms. The lowest BCUT2D eigenvalue weighted by Gasteiger charge is -2.06. The van der Waals surface area contributed by atoms with E-state index < -0.39 is 0 Å². The van der Waals surface area contributed by atoms with Crippen molar-refractivity contribution >= 4 is 0 Å². The molecule has 6 nitrogen and oxygen atoms in total. The topological polar surface area (TPSA) is 79.4 Å². The van der Waals surface area contributed by atoms with Gasteiger partial charge in [-0.2, -0.15) is 15.4 Å².